The van der Waals surface area contributed by atoms with Crippen LogP contribution in [0.5, 0.6) is 0 Å². The van der Waals surface area contributed by atoms with Crippen molar-refractivity contribution in [3.05, 3.63) is 48.3 Å². The van der Waals surface area contributed by atoms with Crippen molar-refractivity contribution >= 4 is 17.1 Å². The van der Waals surface area contributed by atoms with E-state index in [-0.39, 0.29) is 0 Å². The number of nitrogens with two attached hydrogens (primary N) is 1. The van der Waals surface area contributed by atoms with E-state index in [1.807, 2.05) is 12.1 Å². The molecule has 17 heavy (non-hydrogen) atoms. The summed E-state index contributed by atoms with van der Waals surface area (Å²) in [7, 11) is 0. The van der Waals surface area contributed by atoms with E-state index in [0.717, 1.165) is 11.4 Å². The molecule has 1 aromatic carbocycles. The number of nitrogens with one attached hydrogen (secondary N) is 1. The highest BCUT2D eigenvalue weighted by atomic mass is 14.9. The van der Waals surface area contributed by atoms with E-state index in [9.17, 15) is 0 Å². The largest absolute Gasteiger partial charge is 0.396 e. The van der Waals surface area contributed by atoms with Crippen LogP contribution in [0.4, 0.5) is 17.1 Å². The van der Waals surface area contributed by atoms with E-state index in [0.29, 0.717) is 11.6 Å². The van der Waals surface area contributed by atoms with Crippen molar-refractivity contribution in [2.24, 2.45) is 0 Å². The molecule has 0 saturated heterocycles. The summed E-state index contributed by atoms with van der Waals surface area (Å²) in [4.78, 5) is 3.97. The van der Waals surface area contributed by atoms with Crippen molar-refractivity contribution in [1.82, 2.24) is 4.98 Å². The van der Waals surface area contributed by atoms with E-state index in [1.165, 1.54) is 5.56 Å². The zero-order valence-electron chi connectivity index (χ0n) is 10.1. The normalized spacial score (nSPS) is 10.5. The lowest BCUT2D eigenvalue weighted by molar-refractivity contribution is 0.867. The van der Waals surface area contributed by atoms with Crippen LogP contribution in [0.2, 0.25) is 0 Å². The molecule has 88 valence electrons. The highest BCUT2D eigenvalue weighted by molar-refractivity contribution is 5.71. The molecule has 0 radical (unpaired) electrons. The molecule has 0 bridgehead atoms. The van der Waals surface area contributed by atoms with E-state index in [1.54, 1.807) is 12.4 Å². The average Bonchev–Trinajstić information content (AvgIpc) is 2.32. The van der Waals surface area contributed by atoms with Gasteiger partial charge >= 0.3 is 0 Å². The first kappa shape index (κ1) is 11.5. The third-order valence-corrected chi connectivity index (χ3v) is 2.68. The first-order valence-electron chi connectivity index (χ1n) is 5.73. The minimum Gasteiger partial charge on any atom is -0.396 e. The topological polar surface area (TPSA) is 50.9 Å². The molecule has 3 N–H and O–H groups in total. The Morgan fingerprint density at radius 1 is 1.24 bits per heavy atom. The molecule has 0 aliphatic carbocycles. The van der Waals surface area contributed by atoms with Crippen LogP contribution in [-0.4, -0.2) is 4.98 Å². The molecule has 0 unspecified atom stereocenters. The molecule has 0 saturated carbocycles. The van der Waals surface area contributed by atoms with Crippen molar-refractivity contribution in [3.8, 4) is 0 Å². The maximum absolute atomic E-state index is 5.84. The number of aromatic nitrogens is 1. The van der Waals surface area contributed by atoms with E-state index in [2.05, 4.69) is 42.3 Å². The van der Waals surface area contributed by atoms with Crippen LogP contribution >= 0.6 is 0 Å². The Labute approximate surface area is 102 Å². The fourth-order valence-corrected chi connectivity index (χ4v) is 1.65. The predicted octanol–water partition coefficient (Wildman–Crippen LogP) is 3.53. The van der Waals surface area contributed by atoms with Crippen molar-refractivity contribution in [3.63, 3.8) is 0 Å². The lowest BCUT2D eigenvalue weighted by Crippen LogP contribution is -1.97. The highest BCUT2D eigenvalue weighted by Gasteiger charge is 2.02. The molecule has 0 atom stereocenters. The van der Waals surface area contributed by atoms with Gasteiger partial charge in [0.25, 0.3) is 0 Å². The van der Waals surface area contributed by atoms with Gasteiger partial charge in [-0.15, -0.1) is 0 Å². The van der Waals surface area contributed by atoms with Gasteiger partial charge in [0.2, 0.25) is 0 Å². The Hall–Kier alpha value is -2.03. The van der Waals surface area contributed by atoms with Gasteiger partial charge in [-0.05, 0) is 29.7 Å². The third kappa shape index (κ3) is 2.75. The quantitative estimate of drug-likeness (QED) is 0.843. The first-order chi connectivity index (χ1) is 8.16. The van der Waals surface area contributed by atoms with Gasteiger partial charge in [-0.1, -0.05) is 26.0 Å². The summed E-state index contributed by atoms with van der Waals surface area (Å²) in [5, 5.41) is 3.30. The number of pyridine rings is 1. The fourth-order valence-electron chi connectivity index (χ4n) is 1.65. The van der Waals surface area contributed by atoms with Crippen LogP contribution in [0.1, 0.15) is 25.3 Å². The van der Waals surface area contributed by atoms with Crippen LogP contribution in [0.15, 0.2) is 42.7 Å². The zero-order valence-corrected chi connectivity index (χ0v) is 10.1. The molecule has 0 amide bonds. The van der Waals surface area contributed by atoms with Gasteiger partial charge in [-0.3, -0.25) is 4.98 Å². The van der Waals surface area contributed by atoms with Crippen LogP contribution < -0.4 is 11.1 Å². The summed E-state index contributed by atoms with van der Waals surface area (Å²) < 4.78 is 0. The van der Waals surface area contributed by atoms with Crippen LogP contribution in [0.3, 0.4) is 0 Å². The molecule has 0 aliphatic heterocycles. The number of hydrogen-bond acceptors (Lipinski definition) is 3. The summed E-state index contributed by atoms with van der Waals surface area (Å²) in [6, 6.07) is 10.2. The maximum Gasteiger partial charge on any atom is 0.0739 e. The summed E-state index contributed by atoms with van der Waals surface area (Å²) in [5.41, 5.74) is 9.74. The van der Waals surface area contributed by atoms with E-state index >= 15 is 0 Å². The van der Waals surface area contributed by atoms with Crippen molar-refractivity contribution in [1.29, 1.82) is 0 Å². The second-order valence-electron chi connectivity index (χ2n) is 4.37. The fraction of sp³-hybridized carbons (Fsp3) is 0.214. The molecule has 3 nitrogen and oxygen atoms in total. The molecule has 2 rings (SSSR count). The monoisotopic (exact) mass is 227 g/mol. The molecule has 3 heteroatoms. The Morgan fingerprint density at radius 3 is 2.76 bits per heavy atom. The minimum absolute atomic E-state index is 0.520. The number of benzene rings is 1. The smallest absolute Gasteiger partial charge is 0.0739 e. The Morgan fingerprint density at radius 2 is 2.06 bits per heavy atom. The van der Waals surface area contributed by atoms with Gasteiger partial charge in [-0.2, -0.15) is 0 Å². The summed E-state index contributed by atoms with van der Waals surface area (Å²) in [5.74, 6) is 0.520. The molecular formula is C14H17N3. The van der Waals surface area contributed by atoms with Gasteiger partial charge in [0.15, 0.2) is 0 Å². The van der Waals surface area contributed by atoms with Crippen molar-refractivity contribution < 1.29 is 0 Å². The SMILES string of the molecule is CC(C)c1cccc(Nc2ccncc2N)c1. The van der Waals surface area contributed by atoms with Crippen molar-refractivity contribution in [2.45, 2.75) is 19.8 Å². The van der Waals surface area contributed by atoms with Crippen LogP contribution in [0.25, 0.3) is 0 Å². The minimum atomic E-state index is 0.520. The molecule has 0 fully saturated rings. The number of nitrogen functional groups attached to an aromatic ring is 1. The zero-order chi connectivity index (χ0) is 12.3. The molecule has 0 aliphatic rings. The molecular weight excluding hydrogens is 210 g/mol. The van der Waals surface area contributed by atoms with Crippen molar-refractivity contribution in [2.75, 3.05) is 11.1 Å². The first-order valence-corrected chi connectivity index (χ1v) is 5.73. The standard InChI is InChI=1S/C14H17N3/c1-10(2)11-4-3-5-12(8-11)17-14-6-7-16-9-13(14)15/h3-10H,15H2,1-2H3,(H,16,17). The Balaban J connectivity index is 2.25. The molecule has 1 heterocycles. The molecule has 1 aromatic heterocycles. The number of hydrogen-bond donors (Lipinski definition) is 2. The maximum atomic E-state index is 5.84. The molecule has 2 aromatic rings. The molecule has 0 spiro atoms. The predicted molar refractivity (Wildman–Crippen MR) is 72.5 cm³/mol. The number of rotatable bonds is 3. The van der Waals surface area contributed by atoms with Gasteiger partial charge in [0.05, 0.1) is 17.6 Å². The lowest BCUT2D eigenvalue weighted by atomic mass is 10.0. The second-order valence-corrected chi connectivity index (χ2v) is 4.37. The van der Waals surface area contributed by atoms with Crippen LogP contribution in [0, 0.1) is 0 Å². The Kier molecular flexibility index (Phi) is 3.28. The van der Waals surface area contributed by atoms with E-state index < -0.39 is 0 Å². The van der Waals surface area contributed by atoms with Gasteiger partial charge < -0.3 is 11.1 Å². The second kappa shape index (κ2) is 4.87. The van der Waals surface area contributed by atoms with Gasteiger partial charge in [0, 0.05) is 11.9 Å². The average molecular weight is 227 g/mol. The lowest BCUT2D eigenvalue weighted by Gasteiger charge is -2.11. The third-order valence-electron chi connectivity index (χ3n) is 2.68. The van der Waals surface area contributed by atoms with Gasteiger partial charge in [0.1, 0.15) is 0 Å². The van der Waals surface area contributed by atoms with Gasteiger partial charge in [-0.25, -0.2) is 0 Å². The Bertz CT molecular complexity index is 506. The summed E-state index contributed by atoms with van der Waals surface area (Å²) in [6.07, 6.45) is 3.37. The summed E-state index contributed by atoms with van der Waals surface area (Å²) in [6.45, 7) is 4.36. The van der Waals surface area contributed by atoms with E-state index in [4.69, 9.17) is 5.73 Å². The number of anilines is 3. The number of nitrogens with zero attached hydrogens (tertiary/aromatic N) is 1. The van der Waals surface area contributed by atoms with Crippen LogP contribution in [-0.2, 0) is 0 Å². The summed E-state index contributed by atoms with van der Waals surface area (Å²) >= 11 is 0. The highest BCUT2D eigenvalue weighted by Crippen LogP contribution is 2.24.